The molecule has 22 heavy (non-hydrogen) atoms. The van der Waals surface area contributed by atoms with Crippen LogP contribution in [0.4, 0.5) is 0 Å². The van der Waals surface area contributed by atoms with Gasteiger partial charge < -0.3 is 0 Å². The van der Waals surface area contributed by atoms with Crippen LogP contribution in [0, 0.1) is 0 Å². The predicted molar refractivity (Wildman–Crippen MR) is 86.8 cm³/mol. The van der Waals surface area contributed by atoms with E-state index in [2.05, 4.69) is 66.9 Å². The zero-order chi connectivity index (χ0) is 14.5. The summed E-state index contributed by atoms with van der Waals surface area (Å²) in [6, 6.07) is 16.9. The summed E-state index contributed by atoms with van der Waals surface area (Å²) in [5, 5.41) is 8.94. The minimum atomic E-state index is 0.0253. The van der Waals surface area contributed by atoms with Gasteiger partial charge in [-0.25, -0.2) is 0 Å². The molecule has 0 unspecified atom stereocenters. The van der Waals surface area contributed by atoms with E-state index in [1.165, 1.54) is 20.0 Å². The summed E-state index contributed by atoms with van der Waals surface area (Å²) in [7, 11) is 0. The molecule has 6 heteroatoms. The second-order valence-corrected chi connectivity index (χ2v) is 8.16. The molecule has 0 radical (unpaired) electrons. The van der Waals surface area contributed by atoms with Crippen LogP contribution in [0.5, 0.6) is 0 Å². The topological polar surface area (TPSA) is 51.6 Å². The van der Waals surface area contributed by atoms with Crippen molar-refractivity contribution in [3.63, 3.8) is 0 Å². The number of aromatic nitrogens is 4. The van der Waals surface area contributed by atoms with Crippen LogP contribution in [0.15, 0.2) is 48.5 Å². The molecule has 0 fully saturated rings. The van der Waals surface area contributed by atoms with Gasteiger partial charge >= 0.3 is 139 Å². The standard InChI is InChI=1S/C16H8N4Se2/c1-3-7-11-9(5-1)13-16(22-19-17-13)12-8-4-2-6-10(12)14-15(11)21-20-18-14/h1-8H. The molecule has 0 atom stereocenters. The van der Waals surface area contributed by atoms with Crippen LogP contribution < -0.4 is 0 Å². The second-order valence-electron chi connectivity index (χ2n) is 4.99. The molecular formula is C16H8N4Se2. The molecule has 1 aliphatic carbocycles. The van der Waals surface area contributed by atoms with Crippen LogP contribution in [0.1, 0.15) is 0 Å². The Bertz CT molecular complexity index is 846. The van der Waals surface area contributed by atoms with Crippen molar-refractivity contribution in [2.24, 2.45) is 0 Å². The third-order valence-corrected chi connectivity index (χ3v) is 7.02. The van der Waals surface area contributed by atoms with Crippen molar-refractivity contribution in [2.75, 3.05) is 0 Å². The summed E-state index contributed by atoms with van der Waals surface area (Å²) in [6.45, 7) is 0. The van der Waals surface area contributed by atoms with Gasteiger partial charge in [0.15, 0.2) is 0 Å². The Morgan fingerprint density at radius 2 is 0.955 bits per heavy atom. The Kier molecular flexibility index (Phi) is 2.78. The van der Waals surface area contributed by atoms with Gasteiger partial charge in [0.25, 0.3) is 0 Å². The number of fused-ring (bicyclic) bond motifs is 8. The van der Waals surface area contributed by atoms with Gasteiger partial charge in [-0.3, -0.25) is 0 Å². The fraction of sp³-hybridized carbons (Fsp3) is 0. The van der Waals surface area contributed by atoms with E-state index in [1.807, 2.05) is 0 Å². The second kappa shape index (κ2) is 4.83. The first-order valence-electron chi connectivity index (χ1n) is 6.78. The van der Waals surface area contributed by atoms with Crippen LogP contribution in [0.2, 0.25) is 0 Å². The molecule has 2 heterocycles. The number of hydrogen-bond acceptors (Lipinski definition) is 4. The van der Waals surface area contributed by atoms with Crippen LogP contribution in [-0.2, 0) is 0 Å². The first kappa shape index (κ1) is 12.7. The van der Waals surface area contributed by atoms with Crippen LogP contribution in [0.25, 0.3) is 42.5 Å². The van der Waals surface area contributed by atoms with E-state index in [4.69, 9.17) is 0 Å². The summed E-state index contributed by atoms with van der Waals surface area (Å²) in [6.07, 6.45) is 0. The molecule has 0 saturated carbocycles. The van der Waals surface area contributed by atoms with Crippen molar-refractivity contribution in [3.05, 3.63) is 48.5 Å². The monoisotopic (exact) mass is 416 g/mol. The summed E-state index contributed by atoms with van der Waals surface area (Å²) in [5.41, 5.74) is 6.80. The molecule has 1 aliphatic rings. The zero-order valence-corrected chi connectivity index (χ0v) is 14.7. The van der Waals surface area contributed by atoms with Gasteiger partial charge in [-0.2, -0.15) is 0 Å². The Hall–Kier alpha value is -1.84. The first-order chi connectivity index (χ1) is 10.9. The summed E-state index contributed by atoms with van der Waals surface area (Å²) in [4.78, 5) is 0. The van der Waals surface area contributed by atoms with Crippen LogP contribution in [-0.4, -0.2) is 47.9 Å². The molecule has 2 aromatic heterocycles. The van der Waals surface area contributed by atoms with Gasteiger partial charge in [0.05, 0.1) is 0 Å². The quantitative estimate of drug-likeness (QED) is 0.365. The molecule has 0 N–H and O–H groups in total. The van der Waals surface area contributed by atoms with Crippen molar-refractivity contribution < 1.29 is 0 Å². The van der Waals surface area contributed by atoms with Crippen molar-refractivity contribution >= 4 is 29.5 Å². The Morgan fingerprint density at radius 3 is 1.41 bits per heavy atom. The maximum atomic E-state index is 4.47. The molecule has 0 saturated heterocycles. The SMILES string of the molecule is c1ccc2c(c1)-c1nn[se]c1-c1ccccc1-c1nn[se]c1-2. The molecule has 2 aromatic carbocycles. The molecule has 0 amide bonds. The van der Waals surface area contributed by atoms with Gasteiger partial charge in [-0.1, -0.05) is 0 Å². The molecule has 4 nitrogen and oxygen atoms in total. The van der Waals surface area contributed by atoms with Crippen LogP contribution in [0.3, 0.4) is 0 Å². The van der Waals surface area contributed by atoms with Crippen molar-refractivity contribution in [1.29, 1.82) is 0 Å². The average Bonchev–Trinajstić information content (AvgIpc) is 3.23. The van der Waals surface area contributed by atoms with Gasteiger partial charge in [-0.05, 0) is 0 Å². The molecular weight excluding hydrogens is 406 g/mol. The van der Waals surface area contributed by atoms with Crippen molar-refractivity contribution in [2.45, 2.75) is 0 Å². The van der Waals surface area contributed by atoms with E-state index >= 15 is 0 Å². The van der Waals surface area contributed by atoms with Crippen molar-refractivity contribution in [1.82, 2.24) is 18.4 Å². The molecule has 0 spiro atoms. The molecule has 0 aliphatic heterocycles. The Morgan fingerprint density at radius 1 is 0.545 bits per heavy atom. The van der Waals surface area contributed by atoms with E-state index in [0.29, 0.717) is 0 Å². The number of rotatable bonds is 0. The predicted octanol–water partition coefficient (Wildman–Crippen LogP) is 2.36. The minimum absolute atomic E-state index is 0.0253. The van der Waals surface area contributed by atoms with Crippen molar-refractivity contribution in [3.8, 4) is 42.5 Å². The van der Waals surface area contributed by atoms with E-state index in [0.717, 1.165) is 22.5 Å². The van der Waals surface area contributed by atoms with Crippen LogP contribution >= 0.6 is 0 Å². The van der Waals surface area contributed by atoms with Gasteiger partial charge in [0, 0.05) is 0 Å². The third kappa shape index (κ3) is 1.70. The van der Waals surface area contributed by atoms with Gasteiger partial charge in [0.2, 0.25) is 0 Å². The maximum absolute atomic E-state index is 4.47. The van der Waals surface area contributed by atoms with E-state index in [9.17, 15) is 0 Å². The third-order valence-electron chi connectivity index (χ3n) is 3.83. The fourth-order valence-corrected chi connectivity index (χ4v) is 5.87. The molecule has 4 aromatic rings. The van der Waals surface area contributed by atoms with E-state index in [1.54, 1.807) is 0 Å². The van der Waals surface area contributed by atoms with E-state index < -0.39 is 0 Å². The molecule has 5 rings (SSSR count). The number of benzene rings is 2. The fourth-order valence-electron chi connectivity index (χ4n) is 2.86. The summed E-state index contributed by atoms with van der Waals surface area (Å²) >= 11 is 0.0506. The average molecular weight is 414 g/mol. The van der Waals surface area contributed by atoms with Gasteiger partial charge in [-0.15, -0.1) is 0 Å². The molecule has 0 bridgehead atoms. The molecule has 104 valence electrons. The number of hydrogen-bond donors (Lipinski definition) is 0. The zero-order valence-electron chi connectivity index (χ0n) is 11.2. The number of nitrogens with zero attached hydrogens (tertiary/aromatic N) is 4. The Labute approximate surface area is 138 Å². The summed E-state index contributed by atoms with van der Waals surface area (Å²) < 4.78 is 11.2. The summed E-state index contributed by atoms with van der Waals surface area (Å²) in [5.74, 6) is 0. The van der Waals surface area contributed by atoms with Gasteiger partial charge in [0.1, 0.15) is 0 Å². The Balaban J connectivity index is 2.00. The first-order valence-corrected chi connectivity index (χ1v) is 10.0. The normalized spacial score (nSPS) is 11.6. The van der Waals surface area contributed by atoms with E-state index in [-0.39, 0.29) is 29.5 Å².